The molecule has 0 amide bonds. The van der Waals surface area contributed by atoms with E-state index in [2.05, 4.69) is 33.9 Å². The van der Waals surface area contributed by atoms with E-state index in [1.165, 1.54) is 7.11 Å². The summed E-state index contributed by atoms with van der Waals surface area (Å²) in [4.78, 5) is 13.7. The predicted molar refractivity (Wildman–Crippen MR) is 255 cm³/mol. The minimum absolute atomic E-state index is 0.0398. The first-order chi connectivity index (χ1) is 33.3. The van der Waals surface area contributed by atoms with E-state index in [0.29, 0.717) is 12.2 Å². The number of methoxy groups -OCH3 is 3. The van der Waals surface area contributed by atoms with Crippen molar-refractivity contribution in [1.82, 2.24) is 0 Å². The van der Waals surface area contributed by atoms with Gasteiger partial charge < -0.3 is 66.0 Å². The van der Waals surface area contributed by atoms with Crippen molar-refractivity contribution in [3.63, 3.8) is 0 Å². The summed E-state index contributed by atoms with van der Waals surface area (Å²) >= 11 is 0. The van der Waals surface area contributed by atoms with Gasteiger partial charge in [-0.3, -0.25) is 0 Å². The Morgan fingerprint density at radius 3 is 1.90 bits per heavy atom. The molecular formula is C53H68O15Si. The molecule has 0 unspecified atom stereocenters. The number of benzene rings is 4. The fourth-order valence-corrected chi connectivity index (χ4v) is 10.1. The maximum Gasteiger partial charge on any atom is 0.338 e. The van der Waals surface area contributed by atoms with Crippen molar-refractivity contribution >= 4 is 14.3 Å². The number of carbonyl (C=O) groups excluding carboxylic acids is 1. The molecule has 0 aromatic heterocycles. The molecule has 8 rings (SSSR count). The summed E-state index contributed by atoms with van der Waals surface area (Å²) in [5.74, 6) is -1.28. The van der Waals surface area contributed by atoms with Gasteiger partial charge in [0.15, 0.2) is 27.0 Å². The molecule has 0 saturated carbocycles. The number of ether oxygens (including phenoxy) is 13. The second-order valence-corrected chi connectivity index (χ2v) is 24.1. The van der Waals surface area contributed by atoms with E-state index in [9.17, 15) is 4.79 Å². The molecule has 1 spiro atoms. The Morgan fingerprint density at radius 2 is 1.29 bits per heavy atom. The van der Waals surface area contributed by atoms with Crippen molar-refractivity contribution in [3.05, 3.63) is 138 Å². The van der Waals surface area contributed by atoms with Gasteiger partial charge in [0.25, 0.3) is 5.97 Å². The number of rotatable bonds is 19. The molecule has 16 heteroatoms. The monoisotopic (exact) mass is 972 g/mol. The molecule has 4 aliphatic heterocycles. The Bertz CT molecular complexity index is 2200. The summed E-state index contributed by atoms with van der Waals surface area (Å²) in [7, 11) is 2.38. The molecular weight excluding hydrogens is 905 g/mol. The first-order valence-electron chi connectivity index (χ1n) is 23.7. The first-order valence-corrected chi connectivity index (χ1v) is 26.6. The molecule has 0 bridgehead atoms. The van der Waals surface area contributed by atoms with Gasteiger partial charge in [-0.25, -0.2) is 4.79 Å². The lowest BCUT2D eigenvalue weighted by Gasteiger charge is -2.47. The van der Waals surface area contributed by atoms with Crippen LogP contribution in [0.4, 0.5) is 0 Å². The van der Waals surface area contributed by atoms with E-state index >= 15 is 0 Å². The topological polar surface area (TPSA) is 146 Å². The molecule has 0 N–H and O–H groups in total. The standard InChI is InChI=1S/C53H68O15Si/c1-52(2,3)69(7,8)68-40-28-53(62-34-41(40)58-29-37-24-26-39(56-5)27-25-37)66-43-33-61-50(48(45(43)67-53)60-31-36-20-14-10-15-21-36)65-51-47(57-6)46(59-30-35-18-12-9-13-19-35)44(42(63-51)32-55-4)64-49(54)38-22-16-11-17-23-38/h9-27,40-48,50-51H,28-34H2,1-8H3/t40-,41-,42-,43+,44-,45-,46+,47+,48-,50+,51+,53-/m1/s1. The van der Waals surface area contributed by atoms with Crippen LogP contribution in [0.1, 0.15) is 54.2 Å². The summed E-state index contributed by atoms with van der Waals surface area (Å²) < 4.78 is 90.9. The maximum atomic E-state index is 13.7. The van der Waals surface area contributed by atoms with Gasteiger partial charge in [0.2, 0.25) is 0 Å². The van der Waals surface area contributed by atoms with Crippen LogP contribution in [0.5, 0.6) is 5.75 Å². The Kier molecular flexibility index (Phi) is 17.1. The zero-order chi connectivity index (χ0) is 48.6. The van der Waals surface area contributed by atoms with Crippen LogP contribution in [0.15, 0.2) is 115 Å². The highest BCUT2D eigenvalue weighted by Gasteiger charge is 2.61. The summed E-state index contributed by atoms with van der Waals surface area (Å²) in [6.07, 6.45) is -8.62. The van der Waals surface area contributed by atoms with Gasteiger partial charge in [-0.1, -0.05) is 112 Å². The largest absolute Gasteiger partial charge is 0.497 e. The van der Waals surface area contributed by atoms with Crippen LogP contribution in [0.25, 0.3) is 0 Å². The molecule has 4 aromatic carbocycles. The molecule has 4 aromatic rings. The summed E-state index contributed by atoms with van der Waals surface area (Å²) in [5, 5.41) is -0.0855. The predicted octanol–water partition coefficient (Wildman–Crippen LogP) is 7.98. The highest BCUT2D eigenvalue weighted by atomic mass is 28.4. The molecule has 0 radical (unpaired) electrons. The molecule has 0 aliphatic carbocycles. The van der Waals surface area contributed by atoms with Gasteiger partial charge in [-0.15, -0.1) is 0 Å². The minimum Gasteiger partial charge on any atom is -0.497 e. The average Bonchev–Trinajstić information content (AvgIpc) is 3.71. The van der Waals surface area contributed by atoms with E-state index in [1.54, 1.807) is 38.5 Å². The van der Waals surface area contributed by atoms with Crippen LogP contribution in [-0.4, -0.2) is 129 Å². The fraction of sp³-hybridized carbons (Fsp3) is 0.528. The molecule has 4 aliphatic rings. The molecule has 12 atom stereocenters. The van der Waals surface area contributed by atoms with E-state index < -0.39 is 87.8 Å². The van der Waals surface area contributed by atoms with Gasteiger partial charge in [-0.05, 0) is 59.1 Å². The maximum absolute atomic E-state index is 13.7. The molecule has 4 heterocycles. The smallest absolute Gasteiger partial charge is 0.338 e. The van der Waals surface area contributed by atoms with Crippen LogP contribution in [0.2, 0.25) is 18.1 Å². The van der Waals surface area contributed by atoms with Crippen molar-refractivity contribution in [2.45, 2.75) is 139 Å². The summed E-state index contributed by atoms with van der Waals surface area (Å²) in [6, 6.07) is 36.1. The normalized spacial score (nSPS) is 30.5. The van der Waals surface area contributed by atoms with E-state index in [0.717, 1.165) is 22.4 Å². The molecule has 374 valence electrons. The van der Waals surface area contributed by atoms with Crippen molar-refractivity contribution in [2.24, 2.45) is 0 Å². The van der Waals surface area contributed by atoms with Crippen molar-refractivity contribution in [1.29, 1.82) is 0 Å². The van der Waals surface area contributed by atoms with Crippen LogP contribution in [0, 0.1) is 0 Å². The van der Waals surface area contributed by atoms with Crippen molar-refractivity contribution in [3.8, 4) is 5.75 Å². The summed E-state index contributed by atoms with van der Waals surface area (Å²) in [6.45, 7) is 12.1. The Balaban J connectivity index is 1.05. The average molecular weight is 973 g/mol. The van der Waals surface area contributed by atoms with E-state index in [-0.39, 0.29) is 44.5 Å². The van der Waals surface area contributed by atoms with Gasteiger partial charge in [0, 0.05) is 14.2 Å². The van der Waals surface area contributed by atoms with E-state index in [1.807, 2.05) is 91.0 Å². The minimum atomic E-state index is -2.35. The Morgan fingerprint density at radius 1 is 0.681 bits per heavy atom. The molecule has 4 fully saturated rings. The zero-order valence-electron chi connectivity index (χ0n) is 40.9. The third-order valence-electron chi connectivity index (χ3n) is 13.5. The highest BCUT2D eigenvalue weighted by Crippen LogP contribution is 2.46. The molecule has 15 nitrogen and oxygen atoms in total. The van der Waals surface area contributed by atoms with E-state index in [4.69, 9.17) is 66.0 Å². The lowest BCUT2D eigenvalue weighted by atomic mass is 9.97. The zero-order valence-corrected chi connectivity index (χ0v) is 41.9. The lowest BCUT2D eigenvalue weighted by molar-refractivity contribution is -0.383. The first kappa shape index (κ1) is 51.2. The van der Waals surface area contributed by atoms with Crippen LogP contribution < -0.4 is 4.74 Å². The highest BCUT2D eigenvalue weighted by molar-refractivity contribution is 6.74. The SMILES string of the molecule is COC[C@H]1O[C@@H](O[C@@H]2OC[C@@H]3O[C@]4(C[C@@H](O[Si](C)(C)C(C)(C)C)[C@H](OCc5ccc(OC)cc5)CO4)O[C@H]3[C@H]2OCc2ccccc2)[C@@H](OC)[C@@H](OCc2ccccc2)[C@@H]1OC(=O)c1ccccc1. The van der Waals surface area contributed by atoms with Crippen LogP contribution >= 0.6 is 0 Å². The number of carbonyl (C=O) groups is 1. The summed E-state index contributed by atoms with van der Waals surface area (Å²) in [5.41, 5.74) is 3.21. The lowest BCUT2D eigenvalue weighted by Crippen LogP contribution is -2.64. The van der Waals surface area contributed by atoms with Crippen LogP contribution in [-0.2, 0) is 81.1 Å². The number of esters is 1. The second kappa shape index (κ2) is 23.0. The van der Waals surface area contributed by atoms with Crippen LogP contribution in [0.3, 0.4) is 0 Å². The Labute approximate surface area is 406 Å². The third kappa shape index (κ3) is 12.5. The second-order valence-electron chi connectivity index (χ2n) is 19.3. The molecule has 4 saturated heterocycles. The fourth-order valence-electron chi connectivity index (χ4n) is 8.71. The Hall–Kier alpha value is -4.11. The van der Waals surface area contributed by atoms with Crippen molar-refractivity contribution < 1.29 is 70.8 Å². The van der Waals surface area contributed by atoms with Gasteiger partial charge >= 0.3 is 5.97 Å². The third-order valence-corrected chi connectivity index (χ3v) is 18.0. The van der Waals surface area contributed by atoms with Gasteiger partial charge in [-0.2, -0.15) is 0 Å². The number of hydrogen-bond acceptors (Lipinski definition) is 15. The van der Waals surface area contributed by atoms with Crippen molar-refractivity contribution in [2.75, 3.05) is 41.2 Å². The number of hydrogen-bond donors (Lipinski definition) is 0. The van der Waals surface area contributed by atoms with Gasteiger partial charge in [0.05, 0.1) is 64.8 Å². The number of fused-ring (bicyclic) bond motifs is 1. The quantitative estimate of drug-likeness (QED) is 0.0661. The molecule has 69 heavy (non-hydrogen) atoms. The van der Waals surface area contributed by atoms with Gasteiger partial charge in [0.1, 0.15) is 48.5 Å².